The summed E-state index contributed by atoms with van der Waals surface area (Å²) < 4.78 is 0. The maximum atomic E-state index is 11.1. The van der Waals surface area contributed by atoms with Crippen molar-refractivity contribution in [1.29, 1.82) is 0 Å². The van der Waals surface area contributed by atoms with E-state index in [-0.39, 0.29) is 29.0 Å². The Balaban J connectivity index is 1.63. The zero-order chi connectivity index (χ0) is 21.0. The summed E-state index contributed by atoms with van der Waals surface area (Å²) in [6.07, 6.45) is 14.1. The van der Waals surface area contributed by atoms with Gasteiger partial charge in [0, 0.05) is 0 Å². The average Bonchev–Trinajstić information content (AvgIpc) is 3.00. The summed E-state index contributed by atoms with van der Waals surface area (Å²) in [5.74, 6) is 1.44. The Bertz CT molecular complexity index is 740. The van der Waals surface area contributed by atoms with Crippen LogP contribution in [-0.2, 0) is 0 Å². The van der Waals surface area contributed by atoms with Gasteiger partial charge in [0.25, 0.3) is 0 Å². The second kappa shape index (κ2) is 7.68. The van der Waals surface area contributed by atoms with Gasteiger partial charge in [0.2, 0.25) is 0 Å². The lowest BCUT2D eigenvalue weighted by atomic mass is 9.48. The zero-order valence-corrected chi connectivity index (χ0v) is 19.3. The molecule has 0 aromatic heterocycles. The molecule has 0 heterocycles. The average molecular weight is 399 g/mol. The molecule has 3 saturated carbocycles. The van der Waals surface area contributed by atoms with Gasteiger partial charge in [-0.15, -0.1) is 0 Å². The summed E-state index contributed by atoms with van der Waals surface area (Å²) in [4.78, 5) is 0. The summed E-state index contributed by atoms with van der Waals surface area (Å²) in [6.45, 7) is 11.7. The molecule has 0 amide bonds. The standard InChI is InChI=1S/C27H42O2/c1-17(2)7-6-8-18(3)21-9-10-22-20-16-25(29)24-15-19(28)11-13-27(24,5)23(20)12-14-26(21,22)4/h7,12,19-20,22,24-25,28-29H,6,8-11,13-16H2,1-5H3/t19-,20-,22-,24+,25-,26+,27+/m0/s1. The maximum absolute atomic E-state index is 11.1. The van der Waals surface area contributed by atoms with Crippen molar-refractivity contribution in [2.24, 2.45) is 28.6 Å². The monoisotopic (exact) mass is 398 g/mol. The second-order valence-corrected chi connectivity index (χ2v) is 11.4. The molecule has 0 saturated heterocycles. The van der Waals surface area contributed by atoms with Crippen LogP contribution in [0.3, 0.4) is 0 Å². The molecule has 3 fully saturated rings. The van der Waals surface area contributed by atoms with Crippen LogP contribution >= 0.6 is 0 Å². The maximum Gasteiger partial charge on any atom is 0.0583 e. The summed E-state index contributed by atoms with van der Waals surface area (Å²) >= 11 is 0. The predicted molar refractivity (Wildman–Crippen MR) is 120 cm³/mol. The van der Waals surface area contributed by atoms with E-state index in [4.69, 9.17) is 0 Å². The molecule has 7 atom stereocenters. The normalized spacial score (nSPS) is 45.6. The fraction of sp³-hybridized carbons (Fsp3) is 0.778. The highest BCUT2D eigenvalue weighted by atomic mass is 16.3. The lowest BCUT2D eigenvalue weighted by Gasteiger charge is -2.57. The number of hydrogen-bond acceptors (Lipinski definition) is 2. The van der Waals surface area contributed by atoms with Gasteiger partial charge in [0.1, 0.15) is 0 Å². The van der Waals surface area contributed by atoms with E-state index in [0.717, 1.165) is 32.1 Å². The third-order valence-electron chi connectivity index (χ3n) is 9.39. The summed E-state index contributed by atoms with van der Waals surface area (Å²) in [5.41, 5.74) is 6.77. The minimum atomic E-state index is -0.258. The molecular formula is C27H42O2. The molecule has 0 unspecified atom stereocenters. The van der Waals surface area contributed by atoms with Gasteiger partial charge in [-0.05, 0) is 107 Å². The fourth-order valence-electron chi connectivity index (χ4n) is 7.80. The molecule has 4 aliphatic rings. The lowest BCUT2D eigenvalue weighted by molar-refractivity contribution is -0.0777. The summed E-state index contributed by atoms with van der Waals surface area (Å²) in [5, 5.41) is 21.3. The van der Waals surface area contributed by atoms with Crippen molar-refractivity contribution in [2.45, 2.75) is 105 Å². The van der Waals surface area contributed by atoms with Crippen LogP contribution in [0.25, 0.3) is 0 Å². The Kier molecular flexibility index (Phi) is 5.66. The molecule has 0 spiro atoms. The van der Waals surface area contributed by atoms with E-state index in [0.29, 0.717) is 11.8 Å². The predicted octanol–water partition coefficient (Wildman–Crippen LogP) is 6.34. The zero-order valence-electron chi connectivity index (χ0n) is 19.3. The van der Waals surface area contributed by atoms with Gasteiger partial charge in [0.05, 0.1) is 12.2 Å². The minimum absolute atomic E-state index is 0.0911. The van der Waals surface area contributed by atoms with Crippen molar-refractivity contribution in [3.8, 4) is 0 Å². The lowest BCUT2D eigenvalue weighted by Crippen LogP contribution is -2.53. The molecule has 0 bridgehead atoms. The van der Waals surface area contributed by atoms with Gasteiger partial charge >= 0.3 is 0 Å². The SMILES string of the molecule is CC(C)=CCCC(C)=C1CC[C@H]2[C@@H]3C[C@H](O)[C@H]4C[C@@H](O)CC[C@]4(C)C3=CC[C@]12C. The number of hydrogen-bond donors (Lipinski definition) is 2. The summed E-state index contributed by atoms with van der Waals surface area (Å²) in [7, 11) is 0. The molecule has 0 radical (unpaired) electrons. The van der Waals surface area contributed by atoms with Crippen LogP contribution in [0.1, 0.15) is 92.4 Å². The van der Waals surface area contributed by atoms with E-state index in [9.17, 15) is 10.2 Å². The molecule has 29 heavy (non-hydrogen) atoms. The highest BCUT2D eigenvalue weighted by Crippen LogP contribution is 2.65. The van der Waals surface area contributed by atoms with Crippen LogP contribution in [0.2, 0.25) is 0 Å². The van der Waals surface area contributed by atoms with Crippen LogP contribution in [-0.4, -0.2) is 22.4 Å². The van der Waals surface area contributed by atoms with Crippen molar-refractivity contribution in [1.82, 2.24) is 0 Å². The van der Waals surface area contributed by atoms with Crippen LogP contribution in [0.15, 0.2) is 34.4 Å². The molecule has 4 rings (SSSR count). The Morgan fingerprint density at radius 2 is 1.83 bits per heavy atom. The first-order valence-corrected chi connectivity index (χ1v) is 12.1. The van der Waals surface area contributed by atoms with Crippen LogP contribution in [0, 0.1) is 28.6 Å². The van der Waals surface area contributed by atoms with Crippen LogP contribution in [0.5, 0.6) is 0 Å². The van der Waals surface area contributed by atoms with E-state index in [1.165, 1.54) is 31.3 Å². The molecular weight excluding hydrogens is 356 g/mol. The smallest absolute Gasteiger partial charge is 0.0583 e. The molecule has 2 nitrogen and oxygen atoms in total. The molecule has 162 valence electrons. The molecule has 0 aromatic rings. The number of aliphatic hydroxyl groups is 2. The van der Waals surface area contributed by atoms with Gasteiger partial charge in [-0.25, -0.2) is 0 Å². The Morgan fingerprint density at radius 3 is 2.55 bits per heavy atom. The number of rotatable bonds is 3. The molecule has 0 aromatic carbocycles. The van der Waals surface area contributed by atoms with E-state index < -0.39 is 0 Å². The van der Waals surface area contributed by atoms with Crippen molar-refractivity contribution in [3.05, 3.63) is 34.4 Å². The minimum Gasteiger partial charge on any atom is -0.393 e. The number of aliphatic hydroxyl groups excluding tert-OH is 2. The quantitative estimate of drug-likeness (QED) is 0.544. The number of fused-ring (bicyclic) bond motifs is 5. The highest BCUT2D eigenvalue weighted by molar-refractivity contribution is 5.36. The highest BCUT2D eigenvalue weighted by Gasteiger charge is 2.58. The number of allylic oxidation sites excluding steroid dienone is 6. The van der Waals surface area contributed by atoms with Gasteiger partial charge < -0.3 is 10.2 Å². The fourth-order valence-corrected chi connectivity index (χ4v) is 7.80. The van der Waals surface area contributed by atoms with E-state index in [2.05, 4.69) is 46.8 Å². The van der Waals surface area contributed by atoms with Gasteiger partial charge in [-0.3, -0.25) is 0 Å². The molecule has 2 heteroatoms. The van der Waals surface area contributed by atoms with Gasteiger partial charge in [-0.1, -0.05) is 48.3 Å². The second-order valence-electron chi connectivity index (χ2n) is 11.4. The van der Waals surface area contributed by atoms with E-state index in [1.807, 2.05) is 0 Å². The van der Waals surface area contributed by atoms with Gasteiger partial charge in [-0.2, -0.15) is 0 Å². The van der Waals surface area contributed by atoms with E-state index >= 15 is 0 Å². The van der Waals surface area contributed by atoms with Crippen molar-refractivity contribution < 1.29 is 10.2 Å². The first-order valence-electron chi connectivity index (χ1n) is 12.1. The molecule has 2 N–H and O–H groups in total. The van der Waals surface area contributed by atoms with Crippen LogP contribution in [0.4, 0.5) is 0 Å². The van der Waals surface area contributed by atoms with Crippen LogP contribution < -0.4 is 0 Å². The van der Waals surface area contributed by atoms with Gasteiger partial charge in [0.15, 0.2) is 0 Å². The first-order chi connectivity index (χ1) is 13.7. The molecule has 0 aliphatic heterocycles. The third kappa shape index (κ3) is 3.49. The van der Waals surface area contributed by atoms with Crippen molar-refractivity contribution >= 4 is 0 Å². The largest absolute Gasteiger partial charge is 0.393 e. The Hall–Kier alpha value is -0.860. The first kappa shape index (κ1) is 21.4. The van der Waals surface area contributed by atoms with Crippen molar-refractivity contribution in [3.63, 3.8) is 0 Å². The Morgan fingerprint density at radius 1 is 1.07 bits per heavy atom. The third-order valence-corrected chi connectivity index (χ3v) is 9.39. The summed E-state index contributed by atoms with van der Waals surface area (Å²) in [6, 6.07) is 0. The van der Waals surface area contributed by atoms with Crippen molar-refractivity contribution in [2.75, 3.05) is 0 Å². The Labute approximate surface area is 178 Å². The molecule has 4 aliphatic carbocycles. The van der Waals surface area contributed by atoms with E-state index in [1.54, 1.807) is 16.7 Å². The topological polar surface area (TPSA) is 40.5 Å².